The Morgan fingerprint density at radius 2 is 2.06 bits per heavy atom. The number of carboxylic acids is 1. The van der Waals surface area contributed by atoms with Crippen molar-refractivity contribution in [1.29, 1.82) is 0 Å². The lowest BCUT2D eigenvalue weighted by Crippen LogP contribution is -2.29. The molecule has 0 aliphatic carbocycles. The molecule has 98 valence electrons. The van der Waals surface area contributed by atoms with E-state index >= 15 is 0 Å². The van der Waals surface area contributed by atoms with Crippen LogP contribution in [0.1, 0.15) is 20.3 Å². The average Bonchev–Trinajstić information content (AvgIpc) is 2.22. The summed E-state index contributed by atoms with van der Waals surface area (Å²) in [7, 11) is 0. The number of halogens is 2. The normalized spacial score (nSPS) is 11.1. The Hall–Kier alpha value is -1.62. The molecule has 0 saturated heterocycles. The Morgan fingerprint density at radius 3 is 2.56 bits per heavy atom. The second-order valence-corrected chi connectivity index (χ2v) is 4.95. The summed E-state index contributed by atoms with van der Waals surface area (Å²) >= 11 is 5.56. The van der Waals surface area contributed by atoms with Crippen LogP contribution in [0, 0.1) is 11.2 Å². The van der Waals surface area contributed by atoms with Gasteiger partial charge < -0.3 is 10.4 Å². The number of benzene rings is 1. The van der Waals surface area contributed by atoms with Crippen molar-refractivity contribution < 1.29 is 19.1 Å². The van der Waals surface area contributed by atoms with Gasteiger partial charge in [0.1, 0.15) is 5.82 Å². The minimum atomic E-state index is -1.16. The second-order valence-electron chi connectivity index (χ2n) is 4.54. The molecular weight excluding hydrogens is 261 g/mol. The van der Waals surface area contributed by atoms with Gasteiger partial charge in [0.2, 0.25) is 5.91 Å². The fourth-order valence-electron chi connectivity index (χ4n) is 1.26. The summed E-state index contributed by atoms with van der Waals surface area (Å²) in [5.41, 5.74) is -0.832. The predicted molar refractivity (Wildman–Crippen MR) is 66.1 cm³/mol. The van der Waals surface area contributed by atoms with Crippen molar-refractivity contribution in [3.8, 4) is 0 Å². The topological polar surface area (TPSA) is 66.4 Å². The molecule has 0 aliphatic heterocycles. The van der Waals surface area contributed by atoms with Crippen molar-refractivity contribution in [3.05, 3.63) is 29.0 Å². The Kier molecular flexibility index (Phi) is 4.29. The lowest BCUT2D eigenvalue weighted by atomic mass is 9.89. The second kappa shape index (κ2) is 5.35. The number of carbonyl (C=O) groups is 2. The van der Waals surface area contributed by atoms with Crippen LogP contribution in [-0.2, 0) is 9.59 Å². The SMILES string of the molecule is CC(C)(CC(=O)Nc1ccc(F)c(Cl)c1)C(=O)O. The third kappa shape index (κ3) is 3.70. The van der Waals surface area contributed by atoms with Crippen LogP contribution >= 0.6 is 11.6 Å². The van der Waals surface area contributed by atoms with Crippen molar-refractivity contribution in [1.82, 2.24) is 0 Å². The highest BCUT2D eigenvalue weighted by Gasteiger charge is 2.30. The molecule has 0 fully saturated rings. The molecule has 0 saturated carbocycles. The van der Waals surface area contributed by atoms with Crippen LogP contribution in [0.5, 0.6) is 0 Å². The number of hydrogen-bond acceptors (Lipinski definition) is 2. The molecule has 4 nitrogen and oxygen atoms in total. The monoisotopic (exact) mass is 273 g/mol. The standard InChI is InChI=1S/C12H13ClFNO3/c1-12(2,11(17)18)6-10(16)15-7-3-4-9(14)8(13)5-7/h3-5H,6H2,1-2H3,(H,15,16)(H,17,18). The summed E-state index contributed by atoms with van der Waals surface area (Å²) in [5, 5.41) is 11.2. The Labute approximate surface area is 109 Å². The minimum absolute atomic E-state index is 0.106. The van der Waals surface area contributed by atoms with Gasteiger partial charge in [-0.05, 0) is 32.0 Å². The maximum Gasteiger partial charge on any atom is 0.309 e. The van der Waals surface area contributed by atoms with Crippen molar-refractivity contribution >= 4 is 29.2 Å². The first-order valence-electron chi connectivity index (χ1n) is 5.20. The number of anilines is 1. The van der Waals surface area contributed by atoms with Gasteiger partial charge in [-0.15, -0.1) is 0 Å². The summed E-state index contributed by atoms with van der Waals surface area (Å²) in [6.07, 6.45) is -0.183. The van der Waals surface area contributed by atoms with E-state index in [0.717, 1.165) is 6.07 Å². The number of rotatable bonds is 4. The van der Waals surface area contributed by atoms with Gasteiger partial charge in [-0.2, -0.15) is 0 Å². The van der Waals surface area contributed by atoms with Crippen LogP contribution in [0.15, 0.2) is 18.2 Å². The number of hydrogen-bond donors (Lipinski definition) is 2. The first-order valence-corrected chi connectivity index (χ1v) is 5.58. The Morgan fingerprint density at radius 1 is 1.44 bits per heavy atom. The largest absolute Gasteiger partial charge is 0.481 e. The first kappa shape index (κ1) is 14.4. The fraction of sp³-hybridized carbons (Fsp3) is 0.333. The molecule has 0 aromatic heterocycles. The fourth-order valence-corrected chi connectivity index (χ4v) is 1.44. The van der Waals surface area contributed by atoms with E-state index in [4.69, 9.17) is 16.7 Å². The highest BCUT2D eigenvalue weighted by Crippen LogP contribution is 2.23. The summed E-state index contributed by atoms with van der Waals surface area (Å²) < 4.78 is 12.9. The zero-order valence-corrected chi connectivity index (χ0v) is 10.7. The van der Waals surface area contributed by atoms with Gasteiger partial charge >= 0.3 is 5.97 Å². The third-order valence-electron chi connectivity index (χ3n) is 2.38. The zero-order chi connectivity index (χ0) is 13.9. The lowest BCUT2D eigenvalue weighted by Gasteiger charge is -2.18. The van der Waals surface area contributed by atoms with Gasteiger partial charge in [0, 0.05) is 12.1 Å². The first-order chi connectivity index (χ1) is 8.22. The maximum absolute atomic E-state index is 12.9. The van der Waals surface area contributed by atoms with Crippen molar-refractivity contribution in [2.24, 2.45) is 5.41 Å². The molecule has 1 aromatic carbocycles. The molecule has 18 heavy (non-hydrogen) atoms. The zero-order valence-electron chi connectivity index (χ0n) is 9.96. The van der Waals surface area contributed by atoms with Gasteiger partial charge in [-0.3, -0.25) is 9.59 Å². The number of carbonyl (C=O) groups excluding carboxylic acids is 1. The predicted octanol–water partition coefficient (Wildman–Crippen LogP) is 2.92. The molecule has 0 aliphatic rings. The van der Waals surface area contributed by atoms with Crippen LogP contribution < -0.4 is 5.32 Å². The van der Waals surface area contributed by atoms with E-state index in [0.29, 0.717) is 5.69 Å². The highest BCUT2D eigenvalue weighted by molar-refractivity contribution is 6.31. The van der Waals surface area contributed by atoms with E-state index in [1.165, 1.54) is 26.0 Å². The molecule has 0 heterocycles. The molecule has 0 spiro atoms. The van der Waals surface area contributed by atoms with E-state index in [-0.39, 0.29) is 11.4 Å². The Balaban J connectivity index is 2.71. The van der Waals surface area contributed by atoms with E-state index in [1.807, 2.05) is 0 Å². The molecule has 0 bridgehead atoms. The van der Waals surface area contributed by atoms with Crippen molar-refractivity contribution in [3.63, 3.8) is 0 Å². The molecule has 0 radical (unpaired) electrons. The minimum Gasteiger partial charge on any atom is -0.481 e. The van der Waals surface area contributed by atoms with E-state index in [2.05, 4.69) is 5.32 Å². The van der Waals surface area contributed by atoms with Gasteiger partial charge in [0.25, 0.3) is 0 Å². The molecule has 1 amide bonds. The summed E-state index contributed by atoms with van der Waals surface area (Å²) in [6.45, 7) is 2.90. The van der Waals surface area contributed by atoms with Crippen molar-refractivity contribution in [2.75, 3.05) is 5.32 Å². The number of amides is 1. The van der Waals surface area contributed by atoms with Gasteiger partial charge in [0.05, 0.1) is 10.4 Å². The summed E-state index contributed by atoms with van der Waals surface area (Å²) in [5.74, 6) is -2.11. The number of aliphatic carboxylic acids is 1. The van der Waals surface area contributed by atoms with E-state index < -0.39 is 23.1 Å². The molecule has 6 heteroatoms. The molecule has 0 unspecified atom stereocenters. The molecule has 0 atom stereocenters. The van der Waals surface area contributed by atoms with E-state index in [9.17, 15) is 14.0 Å². The van der Waals surface area contributed by atoms with Gasteiger partial charge in [-0.1, -0.05) is 11.6 Å². The summed E-state index contributed by atoms with van der Waals surface area (Å²) in [4.78, 5) is 22.5. The molecule has 1 rings (SSSR count). The van der Waals surface area contributed by atoms with Crippen LogP contribution in [-0.4, -0.2) is 17.0 Å². The van der Waals surface area contributed by atoms with Crippen LogP contribution in [0.4, 0.5) is 10.1 Å². The molecule has 1 aromatic rings. The average molecular weight is 274 g/mol. The van der Waals surface area contributed by atoms with Gasteiger partial charge in [-0.25, -0.2) is 4.39 Å². The maximum atomic E-state index is 12.9. The quantitative estimate of drug-likeness (QED) is 0.886. The highest BCUT2D eigenvalue weighted by atomic mass is 35.5. The molecular formula is C12H13ClFNO3. The van der Waals surface area contributed by atoms with Crippen molar-refractivity contribution in [2.45, 2.75) is 20.3 Å². The third-order valence-corrected chi connectivity index (χ3v) is 2.67. The van der Waals surface area contributed by atoms with Crippen LogP contribution in [0.25, 0.3) is 0 Å². The number of nitrogens with one attached hydrogen (secondary N) is 1. The lowest BCUT2D eigenvalue weighted by molar-refractivity contribution is -0.148. The van der Waals surface area contributed by atoms with Crippen LogP contribution in [0.3, 0.4) is 0 Å². The van der Waals surface area contributed by atoms with Crippen LogP contribution in [0.2, 0.25) is 5.02 Å². The Bertz CT molecular complexity index is 488. The van der Waals surface area contributed by atoms with E-state index in [1.54, 1.807) is 0 Å². The smallest absolute Gasteiger partial charge is 0.309 e. The van der Waals surface area contributed by atoms with Gasteiger partial charge in [0.15, 0.2) is 0 Å². The number of carboxylic acid groups (broad SMARTS) is 1. The molecule has 2 N–H and O–H groups in total. The summed E-state index contributed by atoms with van der Waals surface area (Å²) in [6, 6.07) is 3.75.